The van der Waals surface area contributed by atoms with Crippen LogP contribution in [0.15, 0.2) is 49.6 Å². The fourth-order valence-corrected chi connectivity index (χ4v) is 7.18. The van der Waals surface area contributed by atoms with Crippen molar-refractivity contribution in [2.24, 2.45) is 11.8 Å². The van der Waals surface area contributed by atoms with Gasteiger partial charge in [0.1, 0.15) is 17.6 Å². The number of unbranched alkanes of at least 4 members (excludes halogenated alkanes) is 4. The number of halogens is 1. The van der Waals surface area contributed by atoms with Gasteiger partial charge >= 0.3 is 5.97 Å². The molecule has 224 valence electrons. The smallest absolute Gasteiger partial charge is 0.312 e. The number of carbonyl (C=O) groups is 3. The van der Waals surface area contributed by atoms with E-state index in [1.807, 2.05) is 6.92 Å². The molecule has 2 bridgehead atoms. The molecule has 1 aromatic carbocycles. The largest absolute Gasteiger partial charge is 0.465 e. The van der Waals surface area contributed by atoms with Crippen molar-refractivity contribution in [2.75, 3.05) is 31.2 Å². The molecule has 1 N–H and O–H groups in total. The Labute approximate surface area is 248 Å². The van der Waals surface area contributed by atoms with E-state index >= 15 is 0 Å². The summed E-state index contributed by atoms with van der Waals surface area (Å²) in [6.07, 6.45) is 9.45. The number of esters is 1. The molecule has 2 amide bonds. The number of aliphatic hydroxyl groups is 1. The van der Waals surface area contributed by atoms with Crippen molar-refractivity contribution in [3.05, 3.63) is 54.6 Å². The lowest BCUT2D eigenvalue weighted by Gasteiger charge is -2.37. The van der Waals surface area contributed by atoms with Gasteiger partial charge in [-0.05, 0) is 69.2 Å². The molecule has 5 atom stereocenters. The average Bonchev–Trinajstić information content (AvgIpc) is 3.57. The van der Waals surface area contributed by atoms with Crippen molar-refractivity contribution >= 4 is 35.1 Å². The maximum absolute atomic E-state index is 14.6. The molecule has 4 rings (SSSR count). The number of fused-ring (bicyclic) bond motifs is 1. The summed E-state index contributed by atoms with van der Waals surface area (Å²) in [5.74, 6) is -2.46. The third-order valence-electron chi connectivity index (χ3n) is 8.99. The molecule has 0 aromatic heterocycles. The van der Waals surface area contributed by atoms with Crippen LogP contribution in [-0.4, -0.2) is 71.3 Å². The van der Waals surface area contributed by atoms with Gasteiger partial charge in [0.2, 0.25) is 5.91 Å². The molecule has 9 heteroatoms. The predicted molar refractivity (Wildman–Crippen MR) is 158 cm³/mol. The second-order valence-electron chi connectivity index (χ2n) is 11.3. The third kappa shape index (κ3) is 5.84. The van der Waals surface area contributed by atoms with E-state index in [1.54, 1.807) is 46.2 Å². The minimum absolute atomic E-state index is 0.121. The molecule has 3 fully saturated rings. The van der Waals surface area contributed by atoms with Gasteiger partial charge in [-0.2, -0.15) is 0 Å². The van der Waals surface area contributed by atoms with E-state index in [9.17, 15) is 19.5 Å². The Hall–Kier alpha value is -2.68. The molecule has 0 aliphatic carbocycles. The third-order valence-corrected chi connectivity index (χ3v) is 9.24. The summed E-state index contributed by atoms with van der Waals surface area (Å²) in [6.45, 7) is 10.5. The Morgan fingerprint density at radius 1 is 1.15 bits per heavy atom. The van der Waals surface area contributed by atoms with E-state index in [0.29, 0.717) is 55.8 Å². The van der Waals surface area contributed by atoms with Gasteiger partial charge in [-0.1, -0.05) is 43.5 Å². The summed E-state index contributed by atoms with van der Waals surface area (Å²) in [4.78, 5) is 45.7. The molecule has 8 nitrogen and oxygen atoms in total. The SMILES string of the molecule is C=CCCCOC(=O)[C@H]1[C@H]2C(=O)N(CCCCCCO)C(C(=O)N(CC=C)c3ccc(Cl)cc3)C23CC[C@]1(CC)O3. The lowest BCUT2D eigenvalue weighted by molar-refractivity contribution is -0.161. The van der Waals surface area contributed by atoms with Crippen LogP contribution >= 0.6 is 11.6 Å². The Morgan fingerprint density at radius 2 is 1.88 bits per heavy atom. The molecular formula is C32H43ClN2O6. The Balaban J connectivity index is 1.71. The fraction of sp³-hybridized carbons (Fsp3) is 0.594. The van der Waals surface area contributed by atoms with Crippen LogP contribution in [-0.2, 0) is 23.9 Å². The summed E-state index contributed by atoms with van der Waals surface area (Å²) in [5, 5.41) is 9.73. The van der Waals surface area contributed by atoms with Crippen LogP contribution in [0.25, 0.3) is 0 Å². The summed E-state index contributed by atoms with van der Waals surface area (Å²) in [7, 11) is 0. The van der Waals surface area contributed by atoms with Gasteiger partial charge in [-0.15, -0.1) is 13.2 Å². The molecule has 3 saturated heterocycles. The molecule has 2 unspecified atom stereocenters. The maximum atomic E-state index is 14.6. The van der Waals surface area contributed by atoms with Crippen LogP contribution in [0.3, 0.4) is 0 Å². The van der Waals surface area contributed by atoms with Gasteiger partial charge in [0, 0.05) is 30.4 Å². The number of carbonyl (C=O) groups excluding carboxylic acids is 3. The zero-order valence-electron chi connectivity index (χ0n) is 24.1. The first kappa shape index (κ1) is 31.3. The number of amides is 2. The Kier molecular flexibility index (Phi) is 10.3. The first-order valence-corrected chi connectivity index (χ1v) is 15.2. The zero-order valence-corrected chi connectivity index (χ0v) is 24.8. The molecule has 3 heterocycles. The summed E-state index contributed by atoms with van der Waals surface area (Å²) in [6, 6.07) is 6.11. The van der Waals surface area contributed by atoms with Gasteiger partial charge < -0.3 is 24.4 Å². The predicted octanol–water partition coefficient (Wildman–Crippen LogP) is 5.08. The molecule has 3 aliphatic rings. The van der Waals surface area contributed by atoms with Gasteiger partial charge in [0.25, 0.3) is 5.91 Å². The van der Waals surface area contributed by atoms with E-state index < -0.39 is 35.0 Å². The minimum atomic E-state index is -1.12. The molecule has 3 aliphatic heterocycles. The average molecular weight is 587 g/mol. The van der Waals surface area contributed by atoms with Crippen molar-refractivity contribution in [1.29, 1.82) is 0 Å². The van der Waals surface area contributed by atoms with E-state index in [4.69, 9.17) is 21.1 Å². The molecular weight excluding hydrogens is 544 g/mol. The fourth-order valence-electron chi connectivity index (χ4n) is 7.05. The van der Waals surface area contributed by atoms with Crippen LogP contribution in [0, 0.1) is 11.8 Å². The van der Waals surface area contributed by atoms with Crippen molar-refractivity contribution in [2.45, 2.75) is 82.0 Å². The second kappa shape index (κ2) is 13.5. The van der Waals surface area contributed by atoms with E-state index in [2.05, 4.69) is 13.2 Å². The number of likely N-dealkylation sites (tertiary alicyclic amines) is 1. The second-order valence-corrected chi connectivity index (χ2v) is 11.8. The summed E-state index contributed by atoms with van der Waals surface area (Å²) in [5.41, 5.74) is -1.32. The number of rotatable bonds is 16. The first-order valence-electron chi connectivity index (χ1n) is 14.9. The number of aliphatic hydroxyl groups excluding tert-OH is 1. The highest BCUT2D eigenvalue weighted by molar-refractivity contribution is 6.30. The zero-order chi connectivity index (χ0) is 29.6. The van der Waals surface area contributed by atoms with Crippen molar-refractivity contribution in [3.8, 4) is 0 Å². The van der Waals surface area contributed by atoms with Gasteiger partial charge in [0.05, 0.1) is 18.1 Å². The molecule has 1 spiro atoms. The maximum Gasteiger partial charge on any atom is 0.312 e. The van der Waals surface area contributed by atoms with Gasteiger partial charge in [0.15, 0.2) is 0 Å². The number of hydrogen-bond acceptors (Lipinski definition) is 6. The number of hydrogen-bond donors (Lipinski definition) is 1. The van der Waals surface area contributed by atoms with Gasteiger partial charge in [-0.25, -0.2) is 0 Å². The molecule has 0 radical (unpaired) electrons. The monoisotopic (exact) mass is 586 g/mol. The number of nitrogens with zero attached hydrogens (tertiary/aromatic N) is 2. The quantitative estimate of drug-likeness (QED) is 0.165. The van der Waals surface area contributed by atoms with Crippen molar-refractivity contribution < 1.29 is 29.0 Å². The van der Waals surface area contributed by atoms with Crippen LogP contribution in [0.2, 0.25) is 5.02 Å². The molecule has 41 heavy (non-hydrogen) atoms. The highest BCUT2D eigenvalue weighted by Gasteiger charge is 2.79. The number of allylic oxidation sites excluding steroid dienone is 1. The number of anilines is 1. The number of benzene rings is 1. The highest BCUT2D eigenvalue weighted by Crippen LogP contribution is 2.64. The van der Waals surface area contributed by atoms with Crippen LogP contribution in [0.1, 0.15) is 64.7 Å². The number of ether oxygens (including phenoxy) is 2. The molecule has 1 aromatic rings. The minimum Gasteiger partial charge on any atom is -0.465 e. The lowest BCUT2D eigenvalue weighted by Crippen LogP contribution is -2.56. The Morgan fingerprint density at radius 3 is 2.54 bits per heavy atom. The van der Waals surface area contributed by atoms with Gasteiger partial charge in [-0.3, -0.25) is 14.4 Å². The molecule has 0 saturated carbocycles. The van der Waals surface area contributed by atoms with Crippen LogP contribution in [0.4, 0.5) is 5.69 Å². The Bertz CT molecular complexity index is 1130. The van der Waals surface area contributed by atoms with Crippen molar-refractivity contribution in [1.82, 2.24) is 4.90 Å². The van der Waals surface area contributed by atoms with Crippen LogP contribution in [0.5, 0.6) is 0 Å². The summed E-state index contributed by atoms with van der Waals surface area (Å²) < 4.78 is 12.5. The van der Waals surface area contributed by atoms with E-state index in [0.717, 1.165) is 19.3 Å². The standard InChI is InChI=1S/C32H43ClN2O6/c1-4-7-12-22-40-30(39)26-25-28(37)35(20-10-8-9-11-21-36)27(32(25)18-17-31(26,6-3)41-32)29(38)34(19-5-2)24-15-13-23(33)14-16-24/h4-5,13-16,25-27,36H,1-2,6-12,17-22H2,3H3/t25-,26+,27?,31-,32?/m0/s1. The lowest BCUT2D eigenvalue weighted by atomic mass is 9.65. The van der Waals surface area contributed by atoms with Crippen LogP contribution < -0.4 is 4.90 Å². The highest BCUT2D eigenvalue weighted by atomic mass is 35.5. The normalized spacial score (nSPS) is 28.0. The van der Waals surface area contributed by atoms with E-state index in [-0.39, 0.29) is 31.6 Å². The topological polar surface area (TPSA) is 96.4 Å². The van der Waals surface area contributed by atoms with Crippen molar-refractivity contribution in [3.63, 3.8) is 0 Å². The summed E-state index contributed by atoms with van der Waals surface area (Å²) >= 11 is 6.13. The first-order chi connectivity index (χ1) is 19.8. The van der Waals surface area contributed by atoms with E-state index in [1.165, 1.54) is 0 Å².